The number of para-hydroxylation sites is 1. The Labute approximate surface area is 120 Å². The van der Waals surface area contributed by atoms with Crippen LogP contribution in [-0.4, -0.2) is 43.6 Å². The molecule has 0 aromatic heterocycles. The number of amides is 1. The summed E-state index contributed by atoms with van der Waals surface area (Å²) in [6, 6.07) is 9.71. The van der Waals surface area contributed by atoms with Crippen LogP contribution in [0.4, 0.5) is 0 Å². The molecule has 0 unspecified atom stereocenters. The van der Waals surface area contributed by atoms with E-state index in [9.17, 15) is 4.79 Å². The van der Waals surface area contributed by atoms with E-state index in [-0.39, 0.29) is 18.3 Å². The summed E-state index contributed by atoms with van der Waals surface area (Å²) in [5.74, 6) is 1.11. The molecule has 0 radical (unpaired) electrons. The third-order valence-corrected chi connectivity index (χ3v) is 3.02. The normalized spacial score (nSPS) is 14.6. The average molecular weight is 285 g/mol. The van der Waals surface area contributed by atoms with Crippen molar-refractivity contribution in [1.29, 1.82) is 0 Å². The number of benzene rings is 1. The maximum atomic E-state index is 11.9. The van der Waals surface area contributed by atoms with Crippen LogP contribution in [0.25, 0.3) is 0 Å². The lowest BCUT2D eigenvalue weighted by Gasteiger charge is -2.27. The lowest BCUT2D eigenvalue weighted by atomic mass is 10.2. The number of carbonyl (C=O) groups is 1. The third-order valence-electron chi connectivity index (χ3n) is 3.02. The number of ether oxygens (including phenoxy) is 1. The van der Waals surface area contributed by atoms with Crippen molar-refractivity contribution in [2.45, 2.75) is 12.8 Å². The highest BCUT2D eigenvalue weighted by Crippen LogP contribution is 2.09. The standard InChI is InChI=1S/C14H20N2O2.ClH/c17-14(16-10-8-15-9-11-16)7-4-12-18-13-5-2-1-3-6-13;/h1-3,5-6,15H,4,7-12H2;1H. The van der Waals surface area contributed by atoms with Crippen LogP contribution in [-0.2, 0) is 4.79 Å². The average Bonchev–Trinajstić information content (AvgIpc) is 2.45. The van der Waals surface area contributed by atoms with Gasteiger partial charge in [0.05, 0.1) is 6.61 Å². The fourth-order valence-corrected chi connectivity index (χ4v) is 2.00. The number of hydrogen-bond acceptors (Lipinski definition) is 3. The van der Waals surface area contributed by atoms with E-state index >= 15 is 0 Å². The Bertz CT molecular complexity index is 367. The first-order chi connectivity index (χ1) is 8.86. The van der Waals surface area contributed by atoms with Crippen molar-refractivity contribution in [3.63, 3.8) is 0 Å². The summed E-state index contributed by atoms with van der Waals surface area (Å²) in [7, 11) is 0. The summed E-state index contributed by atoms with van der Waals surface area (Å²) in [4.78, 5) is 13.8. The molecule has 19 heavy (non-hydrogen) atoms. The second-order valence-corrected chi connectivity index (χ2v) is 4.40. The molecule has 106 valence electrons. The molecule has 2 rings (SSSR count). The van der Waals surface area contributed by atoms with Gasteiger partial charge in [-0.25, -0.2) is 0 Å². The van der Waals surface area contributed by atoms with Crippen molar-refractivity contribution in [1.82, 2.24) is 10.2 Å². The zero-order valence-corrected chi connectivity index (χ0v) is 11.8. The van der Waals surface area contributed by atoms with Crippen LogP contribution in [0.3, 0.4) is 0 Å². The van der Waals surface area contributed by atoms with Gasteiger partial charge in [-0.3, -0.25) is 4.79 Å². The molecule has 1 saturated heterocycles. The first kappa shape index (κ1) is 15.8. The number of halogens is 1. The summed E-state index contributed by atoms with van der Waals surface area (Å²) in [5.41, 5.74) is 0. The molecule has 0 spiro atoms. The Balaban J connectivity index is 0.00000180. The lowest BCUT2D eigenvalue weighted by Crippen LogP contribution is -2.46. The molecule has 1 aliphatic heterocycles. The predicted octanol–water partition coefficient (Wildman–Crippen LogP) is 1.70. The summed E-state index contributed by atoms with van der Waals surface area (Å²) in [6.07, 6.45) is 1.35. The van der Waals surface area contributed by atoms with Crippen LogP contribution in [0.15, 0.2) is 30.3 Å². The molecule has 1 fully saturated rings. The van der Waals surface area contributed by atoms with E-state index in [0.717, 1.165) is 38.3 Å². The van der Waals surface area contributed by atoms with Crippen molar-refractivity contribution in [3.8, 4) is 5.75 Å². The summed E-state index contributed by atoms with van der Waals surface area (Å²) in [5, 5.41) is 3.24. The van der Waals surface area contributed by atoms with Gasteiger partial charge in [0.1, 0.15) is 5.75 Å². The first-order valence-corrected chi connectivity index (χ1v) is 6.52. The molecule has 0 atom stereocenters. The SMILES string of the molecule is Cl.O=C(CCCOc1ccccc1)N1CCNCC1. The van der Waals surface area contributed by atoms with Gasteiger partial charge >= 0.3 is 0 Å². The second kappa shape index (κ2) is 8.77. The van der Waals surface area contributed by atoms with Gasteiger partial charge in [-0.2, -0.15) is 0 Å². The number of carbonyl (C=O) groups excluding carboxylic acids is 1. The number of nitrogens with one attached hydrogen (secondary N) is 1. The Kier molecular flexibility index (Phi) is 7.30. The Morgan fingerprint density at radius 2 is 1.89 bits per heavy atom. The highest BCUT2D eigenvalue weighted by Gasteiger charge is 2.15. The number of piperazine rings is 1. The molecular weight excluding hydrogens is 264 g/mol. The number of hydrogen-bond donors (Lipinski definition) is 1. The quantitative estimate of drug-likeness (QED) is 0.837. The molecule has 5 heteroatoms. The Morgan fingerprint density at radius 3 is 2.58 bits per heavy atom. The van der Waals surface area contributed by atoms with E-state index in [1.54, 1.807) is 0 Å². The third kappa shape index (κ3) is 5.49. The molecule has 1 aromatic carbocycles. The molecule has 1 amide bonds. The van der Waals surface area contributed by atoms with Gasteiger partial charge in [-0.15, -0.1) is 12.4 Å². The van der Waals surface area contributed by atoms with E-state index in [0.29, 0.717) is 13.0 Å². The van der Waals surface area contributed by atoms with Crippen LogP contribution in [0.5, 0.6) is 5.75 Å². The minimum absolute atomic E-state index is 0. The maximum absolute atomic E-state index is 11.9. The molecular formula is C14H21ClN2O2. The summed E-state index contributed by atoms with van der Waals surface area (Å²) in [6.45, 7) is 4.08. The fourth-order valence-electron chi connectivity index (χ4n) is 2.00. The highest BCUT2D eigenvalue weighted by molar-refractivity contribution is 5.85. The van der Waals surface area contributed by atoms with Crippen molar-refractivity contribution in [2.75, 3.05) is 32.8 Å². The van der Waals surface area contributed by atoms with E-state index in [2.05, 4.69) is 5.32 Å². The van der Waals surface area contributed by atoms with Crippen LogP contribution in [0.1, 0.15) is 12.8 Å². The van der Waals surface area contributed by atoms with Gasteiger partial charge in [-0.1, -0.05) is 18.2 Å². The minimum Gasteiger partial charge on any atom is -0.494 e. The molecule has 4 nitrogen and oxygen atoms in total. The lowest BCUT2D eigenvalue weighted by molar-refractivity contribution is -0.132. The van der Waals surface area contributed by atoms with Crippen molar-refractivity contribution >= 4 is 18.3 Å². The molecule has 1 heterocycles. The molecule has 0 bridgehead atoms. The molecule has 1 aliphatic rings. The second-order valence-electron chi connectivity index (χ2n) is 4.40. The Morgan fingerprint density at radius 1 is 1.21 bits per heavy atom. The van der Waals surface area contributed by atoms with Gasteiger partial charge in [0.15, 0.2) is 0 Å². The minimum atomic E-state index is 0. The Hall–Kier alpha value is -1.26. The van der Waals surface area contributed by atoms with Gasteiger partial charge in [0, 0.05) is 32.6 Å². The van der Waals surface area contributed by atoms with E-state index in [1.165, 1.54) is 0 Å². The smallest absolute Gasteiger partial charge is 0.222 e. The summed E-state index contributed by atoms with van der Waals surface area (Å²) >= 11 is 0. The molecule has 0 saturated carbocycles. The largest absolute Gasteiger partial charge is 0.494 e. The van der Waals surface area contributed by atoms with Crippen molar-refractivity contribution < 1.29 is 9.53 Å². The predicted molar refractivity (Wildman–Crippen MR) is 77.9 cm³/mol. The van der Waals surface area contributed by atoms with Crippen LogP contribution >= 0.6 is 12.4 Å². The van der Waals surface area contributed by atoms with Crippen LogP contribution in [0.2, 0.25) is 0 Å². The zero-order chi connectivity index (χ0) is 12.6. The maximum Gasteiger partial charge on any atom is 0.222 e. The van der Waals surface area contributed by atoms with E-state index in [4.69, 9.17) is 4.74 Å². The zero-order valence-electron chi connectivity index (χ0n) is 11.0. The van der Waals surface area contributed by atoms with Gasteiger partial charge in [0.25, 0.3) is 0 Å². The van der Waals surface area contributed by atoms with Crippen LogP contribution in [0, 0.1) is 0 Å². The van der Waals surface area contributed by atoms with E-state index < -0.39 is 0 Å². The van der Waals surface area contributed by atoms with Gasteiger partial charge in [-0.05, 0) is 18.6 Å². The summed E-state index contributed by atoms with van der Waals surface area (Å²) < 4.78 is 5.56. The fraction of sp³-hybridized carbons (Fsp3) is 0.500. The molecule has 1 N–H and O–H groups in total. The van der Waals surface area contributed by atoms with Crippen molar-refractivity contribution in [2.24, 2.45) is 0 Å². The number of nitrogens with zero attached hydrogens (tertiary/aromatic N) is 1. The highest BCUT2D eigenvalue weighted by atomic mass is 35.5. The van der Waals surface area contributed by atoms with Crippen molar-refractivity contribution in [3.05, 3.63) is 30.3 Å². The van der Waals surface area contributed by atoms with Gasteiger partial charge < -0.3 is 15.0 Å². The molecule has 0 aliphatic carbocycles. The van der Waals surface area contributed by atoms with Gasteiger partial charge in [0.2, 0.25) is 5.91 Å². The van der Waals surface area contributed by atoms with Crippen LogP contribution < -0.4 is 10.1 Å². The monoisotopic (exact) mass is 284 g/mol. The molecule has 1 aromatic rings. The topological polar surface area (TPSA) is 41.6 Å². The number of rotatable bonds is 5. The first-order valence-electron chi connectivity index (χ1n) is 6.52. The van der Waals surface area contributed by atoms with E-state index in [1.807, 2.05) is 35.2 Å².